The van der Waals surface area contributed by atoms with E-state index in [-0.39, 0.29) is 0 Å². The first-order valence-electron chi connectivity index (χ1n) is 6.84. The van der Waals surface area contributed by atoms with Gasteiger partial charge in [-0.25, -0.2) is 0 Å². The summed E-state index contributed by atoms with van der Waals surface area (Å²) < 4.78 is 10.8. The maximum absolute atomic E-state index is 6.15. The highest BCUT2D eigenvalue weighted by Crippen LogP contribution is 2.27. The number of benzene rings is 1. The van der Waals surface area contributed by atoms with E-state index in [4.69, 9.17) is 20.9 Å². The minimum atomic E-state index is 0.407. The van der Waals surface area contributed by atoms with E-state index in [0.29, 0.717) is 23.4 Å². The predicted molar refractivity (Wildman–Crippen MR) is 77.6 cm³/mol. The Bertz CT molecular complexity index is 565. The van der Waals surface area contributed by atoms with Crippen LogP contribution in [0.4, 0.5) is 0 Å². The number of halogens is 1. The third-order valence-electron chi connectivity index (χ3n) is 3.43. The SMILES string of the molecule is Clc1ccccc1-c1cc(CNC2CCCOC2)no1. The van der Waals surface area contributed by atoms with Crippen molar-refractivity contribution in [1.29, 1.82) is 0 Å². The van der Waals surface area contributed by atoms with Gasteiger partial charge in [0.15, 0.2) is 5.76 Å². The molecule has 0 radical (unpaired) electrons. The minimum absolute atomic E-state index is 0.407. The molecule has 1 atom stereocenters. The second kappa shape index (κ2) is 6.39. The molecule has 2 aromatic rings. The maximum Gasteiger partial charge on any atom is 0.168 e. The van der Waals surface area contributed by atoms with E-state index in [9.17, 15) is 0 Å². The number of aromatic nitrogens is 1. The number of hydrogen-bond acceptors (Lipinski definition) is 4. The Morgan fingerprint density at radius 3 is 3.05 bits per heavy atom. The van der Waals surface area contributed by atoms with Crippen LogP contribution in [0.5, 0.6) is 0 Å². The molecular weight excluding hydrogens is 276 g/mol. The Hall–Kier alpha value is -1.36. The van der Waals surface area contributed by atoms with Gasteiger partial charge in [0, 0.05) is 30.8 Å². The van der Waals surface area contributed by atoms with Gasteiger partial charge in [-0.2, -0.15) is 0 Å². The van der Waals surface area contributed by atoms with Crippen LogP contribution in [0.1, 0.15) is 18.5 Å². The number of nitrogens with one attached hydrogen (secondary N) is 1. The first-order valence-corrected chi connectivity index (χ1v) is 7.22. The summed E-state index contributed by atoms with van der Waals surface area (Å²) in [5.74, 6) is 0.701. The standard InChI is InChI=1S/C15H17ClN2O2/c16-14-6-2-1-5-13(14)15-8-12(18-20-15)9-17-11-4-3-7-19-10-11/h1-2,5-6,8,11,17H,3-4,7,9-10H2. The van der Waals surface area contributed by atoms with Crippen molar-refractivity contribution < 1.29 is 9.26 Å². The van der Waals surface area contributed by atoms with E-state index in [2.05, 4.69) is 10.5 Å². The van der Waals surface area contributed by atoms with Gasteiger partial charge < -0.3 is 14.6 Å². The molecule has 20 heavy (non-hydrogen) atoms. The third kappa shape index (κ3) is 3.20. The molecule has 1 unspecified atom stereocenters. The molecule has 106 valence electrons. The van der Waals surface area contributed by atoms with Gasteiger partial charge in [0.1, 0.15) is 0 Å². The second-order valence-corrected chi connectivity index (χ2v) is 5.36. The van der Waals surface area contributed by atoms with Crippen LogP contribution < -0.4 is 5.32 Å². The van der Waals surface area contributed by atoms with E-state index in [1.165, 1.54) is 0 Å². The van der Waals surface area contributed by atoms with Crippen LogP contribution in [0.3, 0.4) is 0 Å². The first-order chi connectivity index (χ1) is 9.83. The molecule has 2 heterocycles. The third-order valence-corrected chi connectivity index (χ3v) is 3.76. The minimum Gasteiger partial charge on any atom is -0.380 e. The lowest BCUT2D eigenvalue weighted by Crippen LogP contribution is -2.36. The molecule has 1 aromatic carbocycles. The van der Waals surface area contributed by atoms with E-state index in [1.807, 2.05) is 30.3 Å². The summed E-state index contributed by atoms with van der Waals surface area (Å²) in [6, 6.07) is 9.93. The Labute approximate surface area is 123 Å². The molecule has 1 fully saturated rings. The van der Waals surface area contributed by atoms with Crippen molar-refractivity contribution in [1.82, 2.24) is 10.5 Å². The largest absolute Gasteiger partial charge is 0.380 e. The summed E-state index contributed by atoms with van der Waals surface area (Å²) in [6.07, 6.45) is 2.26. The van der Waals surface area contributed by atoms with Crippen molar-refractivity contribution in [3.8, 4) is 11.3 Å². The smallest absolute Gasteiger partial charge is 0.168 e. The maximum atomic E-state index is 6.15. The van der Waals surface area contributed by atoms with Gasteiger partial charge in [0.2, 0.25) is 0 Å². The fourth-order valence-corrected chi connectivity index (χ4v) is 2.56. The highest BCUT2D eigenvalue weighted by molar-refractivity contribution is 6.33. The summed E-state index contributed by atoms with van der Waals surface area (Å²) in [6.45, 7) is 2.33. The lowest BCUT2D eigenvalue weighted by molar-refractivity contribution is 0.0697. The zero-order chi connectivity index (χ0) is 13.8. The molecule has 0 saturated carbocycles. The van der Waals surface area contributed by atoms with Crippen LogP contribution in [-0.2, 0) is 11.3 Å². The zero-order valence-corrected chi connectivity index (χ0v) is 11.9. The molecule has 3 rings (SSSR count). The van der Waals surface area contributed by atoms with Crippen molar-refractivity contribution >= 4 is 11.6 Å². The average Bonchev–Trinajstić information content (AvgIpc) is 2.95. The van der Waals surface area contributed by atoms with Crippen molar-refractivity contribution in [3.63, 3.8) is 0 Å². The molecular formula is C15H17ClN2O2. The Morgan fingerprint density at radius 2 is 2.25 bits per heavy atom. The molecule has 1 aliphatic heterocycles. The molecule has 1 N–H and O–H groups in total. The fraction of sp³-hybridized carbons (Fsp3) is 0.400. The number of hydrogen-bond donors (Lipinski definition) is 1. The quantitative estimate of drug-likeness (QED) is 0.939. The van der Waals surface area contributed by atoms with Crippen LogP contribution in [0.15, 0.2) is 34.9 Å². The van der Waals surface area contributed by atoms with Gasteiger partial charge in [0.05, 0.1) is 17.3 Å². The van der Waals surface area contributed by atoms with Gasteiger partial charge in [-0.15, -0.1) is 0 Å². The van der Waals surface area contributed by atoms with Crippen LogP contribution in [0.25, 0.3) is 11.3 Å². The van der Waals surface area contributed by atoms with Crippen LogP contribution in [0.2, 0.25) is 5.02 Å². The monoisotopic (exact) mass is 292 g/mol. The Balaban J connectivity index is 1.63. The molecule has 0 aliphatic carbocycles. The van der Waals surface area contributed by atoms with Crippen molar-refractivity contribution in [2.24, 2.45) is 0 Å². The molecule has 1 saturated heterocycles. The van der Waals surface area contributed by atoms with Crippen LogP contribution in [-0.4, -0.2) is 24.4 Å². The number of ether oxygens (including phenoxy) is 1. The van der Waals surface area contributed by atoms with Gasteiger partial charge in [0.25, 0.3) is 0 Å². The molecule has 4 nitrogen and oxygen atoms in total. The molecule has 5 heteroatoms. The van der Waals surface area contributed by atoms with Crippen molar-refractivity contribution in [3.05, 3.63) is 41.0 Å². The van der Waals surface area contributed by atoms with Crippen LogP contribution in [0, 0.1) is 0 Å². The van der Waals surface area contributed by atoms with E-state index in [1.54, 1.807) is 0 Å². The van der Waals surface area contributed by atoms with E-state index < -0.39 is 0 Å². The summed E-state index contributed by atoms with van der Waals surface area (Å²) >= 11 is 6.15. The van der Waals surface area contributed by atoms with Crippen molar-refractivity contribution in [2.75, 3.05) is 13.2 Å². The van der Waals surface area contributed by atoms with Gasteiger partial charge in [-0.1, -0.05) is 28.9 Å². The average molecular weight is 293 g/mol. The summed E-state index contributed by atoms with van der Waals surface area (Å²) in [5, 5.41) is 8.19. The Kier molecular flexibility index (Phi) is 4.35. The first kappa shape index (κ1) is 13.6. The fourth-order valence-electron chi connectivity index (χ4n) is 2.33. The van der Waals surface area contributed by atoms with Gasteiger partial charge in [-0.05, 0) is 25.0 Å². The Morgan fingerprint density at radius 1 is 1.35 bits per heavy atom. The summed E-state index contributed by atoms with van der Waals surface area (Å²) in [5.41, 5.74) is 1.75. The molecule has 0 amide bonds. The van der Waals surface area contributed by atoms with Crippen molar-refractivity contribution in [2.45, 2.75) is 25.4 Å². The van der Waals surface area contributed by atoms with Gasteiger partial charge >= 0.3 is 0 Å². The molecule has 1 aliphatic rings. The van der Waals surface area contributed by atoms with E-state index >= 15 is 0 Å². The lowest BCUT2D eigenvalue weighted by atomic mass is 10.1. The highest BCUT2D eigenvalue weighted by atomic mass is 35.5. The normalized spacial score (nSPS) is 19.1. The molecule has 1 aromatic heterocycles. The molecule has 0 spiro atoms. The van der Waals surface area contributed by atoms with Gasteiger partial charge in [-0.3, -0.25) is 0 Å². The molecule has 0 bridgehead atoms. The summed E-state index contributed by atoms with van der Waals surface area (Å²) in [7, 11) is 0. The summed E-state index contributed by atoms with van der Waals surface area (Å²) in [4.78, 5) is 0. The zero-order valence-electron chi connectivity index (χ0n) is 11.1. The topological polar surface area (TPSA) is 47.3 Å². The second-order valence-electron chi connectivity index (χ2n) is 4.96. The van der Waals surface area contributed by atoms with E-state index in [0.717, 1.165) is 37.3 Å². The predicted octanol–water partition coefficient (Wildman–Crippen LogP) is 3.26. The van der Waals surface area contributed by atoms with Crippen LogP contribution >= 0.6 is 11.6 Å². The number of rotatable bonds is 4. The highest BCUT2D eigenvalue weighted by Gasteiger charge is 2.14. The lowest BCUT2D eigenvalue weighted by Gasteiger charge is -2.22. The number of nitrogens with zero attached hydrogens (tertiary/aromatic N) is 1.